The van der Waals surface area contributed by atoms with Gasteiger partial charge in [-0.2, -0.15) is 0 Å². The summed E-state index contributed by atoms with van der Waals surface area (Å²) in [6.45, 7) is 4.01. The lowest BCUT2D eigenvalue weighted by Crippen LogP contribution is -2.40. The minimum absolute atomic E-state index is 0.129. The SMILES string of the molecule is CN=C(NCCCCCC(=O)OC)NCC(C)Cc1cccs1. The Kier molecular flexibility index (Phi) is 10.1. The maximum atomic E-state index is 11.0. The number of methoxy groups -OCH3 is 1. The van der Waals surface area contributed by atoms with Crippen LogP contribution in [0.2, 0.25) is 0 Å². The van der Waals surface area contributed by atoms with E-state index in [-0.39, 0.29) is 5.97 Å². The van der Waals surface area contributed by atoms with E-state index in [4.69, 9.17) is 0 Å². The zero-order valence-electron chi connectivity index (χ0n) is 14.4. The quantitative estimate of drug-likeness (QED) is 0.298. The predicted molar refractivity (Wildman–Crippen MR) is 97.0 cm³/mol. The Morgan fingerprint density at radius 3 is 2.83 bits per heavy atom. The summed E-state index contributed by atoms with van der Waals surface area (Å²) >= 11 is 1.81. The van der Waals surface area contributed by atoms with Gasteiger partial charge in [0.05, 0.1) is 7.11 Å². The maximum absolute atomic E-state index is 11.0. The van der Waals surface area contributed by atoms with Crippen molar-refractivity contribution < 1.29 is 9.53 Å². The van der Waals surface area contributed by atoms with Crippen LogP contribution in [0.1, 0.15) is 37.5 Å². The fourth-order valence-electron chi connectivity index (χ4n) is 2.22. The molecule has 5 nitrogen and oxygen atoms in total. The molecule has 0 aromatic carbocycles. The van der Waals surface area contributed by atoms with Gasteiger partial charge >= 0.3 is 5.97 Å². The molecule has 2 N–H and O–H groups in total. The highest BCUT2D eigenvalue weighted by Crippen LogP contribution is 2.13. The molecule has 6 heteroatoms. The molecular weight excluding hydrogens is 310 g/mol. The zero-order valence-corrected chi connectivity index (χ0v) is 15.2. The fraction of sp³-hybridized carbons (Fsp3) is 0.647. The summed E-state index contributed by atoms with van der Waals surface area (Å²) in [7, 11) is 3.22. The maximum Gasteiger partial charge on any atom is 0.305 e. The number of rotatable bonds is 10. The Morgan fingerprint density at radius 2 is 2.17 bits per heavy atom. The van der Waals surface area contributed by atoms with Gasteiger partial charge < -0.3 is 15.4 Å². The van der Waals surface area contributed by atoms with Crippen molar-refractivity contribution in [1.82, 2.24) is 10.6 Å². The van der Waals surface area contributed by atoms with Gasteiger partial charge in [0.25, 0.3) is 0 Å². The van der Waals surface area contributed by atoms with Crippen LogP contribution in [0.15, 0.2) is 22.5 Å². The molecule has 0 fully saturated rings. The number of nitrogens with one attached hydrogen (secondary N) is 2. The molecule has 0 aliphatic carbocycles. The third kappa shape index (κ3) is 9.23. The van der Waals surface area contributed by atoms with Gasteiger partial charge in [0, 0.05) is 31.4 Å². The van der Waals surface area contributed by atoms with E-state index >= 15 is 0 Å². The molecule has 0 bridgehead atoms. The van der Waals surface area contributed by atoms with E-state index in [1.54, 1.807) is 7.05 Å². The Balaban J connectivity index is 2.08. The standard InChI is InChI=1S/C17H29N3O2S/c1-14(12-15-8-7-11-23-15)13-20-17(18-2)19-10-6-4-5-9-16(21)22-3/h7-8,11,14H,4-6,9-10,12-13H2,1-3H3,(H2,18,19,20). The number of hydrogen-bond acceptors (Lipinski definition) is 4. The molecule has 0 aliphatic rings. The molecule has 1 rings (SSSR count). The van der Waals surface area contributed by atoms with Crippen molar-refractivity contribution in [3.8, 4) is 0 Å². The van der Waals surface area contributed by atoms with Crippen LogP contribution in [0.5, 0.6) is 0 Å². The lowest BCUT2D eigenvalue weighted by molar-refractivity contribution is -0.140. The van der Waals surface area contributed by atoms with Crippen LogP contribution in [-0.4, -0.2) is 39.2 Å². The largest absolute Gasteiger partial charge is 0.469 e. The molecule has 0 saturated carbocycles. The Morgan fingerprint density at radius 1 is 1.35 bits per heavy atom. The summed E-state index contributed by atoms with van der Waals surface area (Å²) < 4.78 is 4.62. The monoisotopic (exact) mass is 339 g/mol. The van der Waals surface area contributed by atoms with Crippen LogP contribution in [0.4, 0.5) is 0 Å². The number of esters is 1. The molecule has 0 radical (unpaired) electrons. The zero-order chi connectivity index (χ0) is 16.9. The third-order valence-corrected chi connectivity index (χ3v) is 4.45. The molecule has 1 aromatic rings. The van der Waals surface area contributed by atoms with E-state index in [1.165, 1.54) is 12.0 Å². The van der Waals surface area contributed by atoms with Gasteiger partial charge in [0.15, 0.2) is 5.96 Å². The average Bonchev–Trinajstić information content (AvgIpc) is 3.05. The molecule has 0 amide bonds. The second kappa shape index (κ2) is 11.9. The first-order chi connectivity index (χ1) is 11.2. The fourth-order valence-corrected chi connectivity index (χ4v) is 3.09. The van der Waals surface area contributed by atoms with E-state index in [1.807, 2.05) is 11.3 Å². The molecule has 1 aromatic heterocycles. The molecule has 1 heterocycles. The van der Waals surface area contributed by atoms with Crippen LogP contribution in [0.3, 0.4) is 0 Å². The summed E-state index contributed by atoms with van der Waals surface area (Å²) in [4.78, 5) is 16.7. The van der Waals surface area contributed by atoms with Crippen LogP contribution < -0.4 is 10.6 Å². The number of hydrogen-bond donors (Lipinski definition) is 2. The van der Waals surface area contributed by atoms with Crippen LogP contribution in [0, 0.1) is 5.92 Å². The highest BCUT2D eigenvalue weighted by Gasteiger charge is 2.06. The van der Waals surface area contributed by atoms with Crippen LogP contribution in [0.25, 0.3) is 0 Å². The lowest BCUT2D eigenvalue weighted by Gasteiger charge is -2.15. The first-order valence-electron chi connectivity index (χ1n) is 8.19. The number of unbranched alkanes of at least 4 members (excludes halogenated alkanes) is 2. The molecule has 23 heavy (non-hydrogen) atoms. The first-order valence-corrected chi connectivity index (χ1v) is 9.07. The van der Waals surface area contributed by atoms with E-state index < -0.39 is 0 Å². The number of thiophene rings is 1. The first kappa shape index (κ1) is 19.5. The second-order valence-electron chi connectivity index (χ2n) is 5.66. The highest BCUT2D eigenvalue weighted by atomic mass is 32.1. The Bertz CT molecular complexity index is 460. The van der Waals surface area contributed by atoms with Crippen LogP contribution in [-0.2, 0) is 16.0 Å². The summed E-state index contributed by atoms with van der Waals surface area (Å²) in [6.07, 6.45) is 4.49. The molecule has 1 atom stereocenters. The van der Waals surface area contributed by atoms with Gasteiger partial charge in [-0.15, -0.1) is 11.3 Å². The average molecular weight is 340 g/mol. The summed E-state index contributed by atoms with van der Waals surface area (Å²) in [6, 6.07) is 4.28. The van der Waals surface area contributed by atoms with Crippen molar-refractivity contribution in [2.75, 3.05) is 27.2 Å². The summed E-state index contributed by atoms with van der Waals surface area (Å²) in [5.41, 5.74) is 0. The van der Waals surface area contributed by atoms with Crippen LogP contribution >= 0.6 is 11.3 Å². The molecule has 0 saturated heterocycles. The van der Waals surface area contributed by atoms with Crippen molar-refractivity contribution in [3.05, 3.63) is 22.4 Å². The minimum atomic E-state index is -0.129. The Labute approximate surface area is 143 Å². The smallest absolute Gasteiger partial charge is 0.305 e. The lowest BCUT2D eigenvalue weighted by atomic mass is 10.1. The van der Waals surface area contributed by atoms with Gasteiger partial charge in [-0.05, 0) is 36.6 Å². The number of guanidine groups is 1. The van der Waals surface area contributed by atoms with Gasteiger partial charge in [-0.3, -0.25) is 9.79 Å². The van der Waals surface area contributed by atoms with Crippen molar-refractivity contribution in [2.24, 2.45) is 10.9 Å². The molecule has 0 aliphatic heterocycles. The second-order valence-corrected chi connectivity index (χ2v) is 6.69. The summed E-state index contributed by atoms with van der Waals surface area (Å²) in [5.74, 6) is 1.28. The van der Waals surface area contributed by atoms with Gasteiger partial charge in [-0.1, -0.05) is 19.4 Å². The topological polar surface area (TPSA) is 62.7 Å². The number of carbonyl (C=O) groups is 1. The number of nitrogens with zero attached hydrogens (tertiary/aromatic N) is 1. The molecule has 0 spiro atoms. The number of ether oxygens (including phenoxy) is 1. The van der Waals surface area contributed by atoms with Gasteiger partial charge in [0.1, 0.15) is 0 Å². The van der Waals surface area contributed by atoms with E-state index in [9.17, 15) is 4.79 Å². The number of carbonyl (C=O) groups excluding carboxylic acids is 1. The van der Waals surface area contributed by atoms with Crippen molar-refractivity contribution in [3.63, 3.8) is 0 Å². The molecule has 130 valence electrons. The van der Waals surface area contributed by atoms with E-state index in [2.05, 4.69) is 44.8 Å². The van der Waals surface area contributed by atoms with Crippen molar-refractivity contribution in [1.29, 1.82) is 0 Å². The van der Waals surface area contributed by atoms with Gasteiger partial charge in [0.2, 0.25) is 0 Å². The van der Waals surface area contributed by atoms with Gasteiger partial charge in [-0.25, -0.2) is 0 Å². The molecule has 1 unspecified atom stereocenters. The minimum Gasteiger partial charge on any atom is -0.469 e. The normalized spacial score (nSPS) is 12.7. The highest BCUT2D eigenvalue weighted by molar-refractivity contribution is 7.09. The van der Waals surface area contributed by atoms with E-state index in [0.717, 1.165) is 44.7 Å². The summed E-state index contributed by atoms with van der Waals surface area (Å²) in [5, 5.41) is 8.80. The predicted octanol–water partition coefficient (Wildman–Crippen LogP) is 2.83. The third-order valence-electron chi connectivity index (χ3n) is 3.55. The van der Waals surface area contributed by atoms with Crippen molar-refractivity contribution in [2.45, 2.75) is 39.0 Å². The van der Waals surface area contributed by atoms with Crippen molar-refractivity contribution >= 4 is 23.3 Å². The van der Waals surface area contributed by atoms with E-state index in [0.29, 0.717) is 12.3 Å². The Hall–Kier alpha value is -1.56. The number of aliphatic imine (C=N–C) groups is 1. The molecular formula is C17H29N3O2S.